The van der Waals surface area contributed by atoms with Crippen molar-refractivity contribution in [2.24, 2.45) is 0 Å². The highest BCUT2D eigenvalue weighted by atomic mass is 32.1. The summed E-state index contributed by atoms with van der Waals surface area (Å²) in [5.41, 5.74) is 0. The Labute approximate surface area is 74.4 Å². The van der Waals surface area contributed by atoms with E-state index in [2.05, 4.69) is 5.32 Å². The molecule has 4 heteroatoms. The van der Waals surface area contributed by atoms with E-state index in [9.17, 15) is 8.78 Å². The average Bonchev–Trinajstić information content (AvgIpc) is 2.36. The van der Waals surface area contributed by atoms with Crippen molar-refractivity contribution >= 4 is 11.3 Å². The van der Waals surface area contributed by atoms with E-state index in [0.717, 1.165) is 16.2 Å². The molecular weight excluding hydrogens is 180 g/mol. The van der Waals surface area contributed by atoms with Crippen LogP contribution in [0.25, 0.3) is 0 Å². The van der Waals surface area contributed by atoms with E-state index < -0.39 is 5.92 Å². The molecular formula is C8H11F2NS. The maximum atomic E-state index is 13.1. The number of hydrogen-bond acceptors (Lipinski definition) is 2. The molecule has 1 nitrogen and oxygen atoms in total. The van der Waals surface area contributed by atoms with E-state index in [0.29, 0.717) is 0 Å². The zero-order valence-electron chi connectivity index (χ0n) is 7.03. The number of rotatable bonds is 3. The van der Waals surface area contributed by atoms with Gasteiger partial charge in [-0.05, 0) is 26.1 Å². The molecule has 0 aliphatic rings. The summed E-state index contributed by atoms with van der Waals surface area (Å²) in [7, 11) is 1.52. The molecule has 1 aromatic heterocycles. The Balaban J connectivity index is 2.81. The second-order valence-electron chi connectivity index (χ2n) is 2.65. The molecule has 0 amide bonds. The van der Waals surface area contributed by atoms with Gasteiger partial charge in [0.05, 0.1) is 11.4 Å². The van der Waals surface area contributed by atoms with Crippen LogP contribution < -0.4 is 5.32 Å². The summed E-state index contributed by atoms with van der Waals surface area (Å²) in [4.78, 5) is 1.05. The predicted molar refractivity (Wildman–Crippen MR) is 46.9 cm³/mol. The normalized spacial score (nSPS) is 12.0. The lowest BCUT2D eigenvalue weighted by Gasteiger charge is -2.12. The summed E-state index contributed by atoms with van der Waals surface area (Å²) >= 11 is 1.14. The molecule has 0 spiro atoms. The first-order valence-corrected chi connectivity index (χ1v) is 4.47. The summed E-state index contributed by atoms with van der Waals surface area (Å²) in [6, 6.07) is 3.20. The molecule has 0 aliphatic carbocycles. The van der Waals surface area contributed by atoms with Gasteiger partial charge < -0.3 is 5.32 Å². The Morgan fingerprint density at radius 2 is 2.17 bits per heavy atom. The largest absolute Gasteiger partial charge is 0.314 e. The van der Waals surface area contributed by atoms with Crippen molar-refractivity contribution < 1.29 is 8.78 Å². The third-order valence-corrected chi connectivity index (χ3v) is 2.61. The highest BCUT2D eigenvalue weighted by molar-refractivity contribution is 7.12. The molecule has 12 heavy (non-hydrogen) atoms. The lowest BCUT2D eigenvalue weighted by atomic mass is 10.3. The quantitative estimate of drug-likeness (QED) is 0.773. The maximum absolute atomic E-state index is 13.1. The Morgan fingerprint density at radius 1 is 1.50 bits per heavy atom. The van der Waals surface area contributed by atoms with Gasteiger partial charge in [-0.3, -0.25) is 0 Å². The molecule has 1 N–H and O–H groups in total. The third-order valence-electron chi connectivity index (χ3n) is 1.50. The van der Waals surface area contributed by atoms with Gasteiger partial charge in [-0.25, -0.2) is 0 Å². The summed E-state index contributed by atoms with van der Waals surface area (Å²) in [5.74, 6) is -2.73. The Kier molecular flexibility index (Phi) is 2.80. The van der Waals surface area contributed by atoms with Crippen LogP contribution in [0.2, 0.25) is 0 Å². The molecule has 1 rings (SSSR count). The minimum atomic E-state index is -2.73. The average molecular weight is 191 g/mol. The Morgan fingerprint density at radius 3 is 2.58 bits per heavy atom. The molecule has 0 saturated carbocycles. The summed E-state index contributed by atoms with van der Waals surface area (Å²) in [5, 5.41) is 2.47. The van der Waals surface area contributed by atoms with Crippen LogP contribution in [0.4, 0.5) is 8.78 Å². The SMILES string of the molecule is CNCC(F)(F)c1ccc(C)s1. The molecule has 0 radical (unpaired) electrons. The van der Waals surface area contributed by atoms with Gasteiger partial charge in [-0.15, -0.1) is 11.3 Å². The molecule has 0 saturated heterocycles. The molecule has 0 aromatic carbocycles. The first kappa shape index (κ1) is 9.61. The number of nitrogens with one attached hydrogen (secondary N) is 1. The van der Waals surface area contributed by atoms with Gasteiger partial charge in [0.15, 0.2) is 0 Å². The maximum Gasteiger partial charge on any atom is 0.294 e. The van der Waals surface area contributed by atoms with Crippen molar-refractivity contribution in [2.75, 3.05) is 13.6 Å². The number of aryl methyl sites for hydroxylation is 1. The molecule has 0 aliphatic heterocycles. The topological polar surface area (TPSA) is 12.0 Å². The van der Waals surface area contributed by atoms with E-state index in [1.54, 1.807) is 6.07 Å². The lowest BCUT2D eigenvalue weighted by Crippen LogP contribution is -2.27. The van der Waals surface area contributed by atoms with Crippen LogP contribution in [0.5, 0.6) is 0 Å². The van der Waals surface area contributed by atoms with E-state index in [4.69, 9.17) is 0 Å². The first-order valence-electron chi connectivity index (χ1n) is 3.65. The highest BCUT2D eigenvalue weighted by Crippen LogP contribution is 2.32. The Bertz CT molecular complexity index is 257. The molecule has 0 fully saturated rings. The van der Waals surface area contributed by atoms with Gasteiger partial charge in [-0.1, -0.05) is 0 Å². The molecule has 0 atom stereocenters. The number of alkyl halides is 2. The predicted octanol–water partition coefficient (Wildman–Crippen LogP) is 2.37. The van der Waals surface area contributed by atoms with Crippen LogP contribution in [-0.2, 0) is 5.92 Å². The molecule has 1 aromatic rings. The number of likely N-dealkylation sites (N-methyl/N-ethyl adjacent to an activating group) is 1. The molecule has 68 valence electrons. The smallest absolute Gasteiger partial charge is 0.294 e. The van der Waals surface area contributed by atoms with Crippen LogP contribution in [0.3, 0.4) is 0 Å². The first-order chi connectivity index (χ1) is 5.56. The van der Waals surface area contributed by atoms with Crippen LogP contribution in [0.1, 0.15) is 9.75 Å². The van der Waals surface area contributed by atoms with Crippen LogP contribution in [-0.4, -0.2) is 13.6 Å². The fourth-order valence-corrected chi connectivity index (χ4v) is 1.78. The summed E-state index contributed by atoms with van der Waals surface area (Å²) < 4.78 is 26.2. The Hall–Kier alpha value is -0.480. The molecule has 1 heterocycles. The fourth-order valence-electron chi connectivity index (χ4n) is 0.940. The molecule has 0 unspecified atom stereocenters. The van der Waals surface area contributed by atoms with Gasteiger partial charge in [-0.2, -0.15) is 8.78 Å². The van der Waals surface area contributed by atoms with Gasteiger partial charge in [0.1, 0.15) is 0 Å². The van der Waals surface area contributed by atoms with E-state index in [1.165, 1.54) is 13.1 Å². The van der Waals surface area contributed by atoms with Crippen LogP contribution in [0, 0.1) is 6.92 Å². The van der Waals surface area contributed by atoms with Gasteiger partial charge >= 0.3 is 0 Å². The van der Waals surface area contributed by atoms with Crippen molar-refractivity contribution in [2.45, 2.75) is 12.8 Å². The van der Waals surface area contributed by atoms with Crippen molar-refractivity contribution in [1.82, 2.24) is 5.32 Å². The van der Waals surface area contributed by atoms with Gasteiger partial charge in [0.2, 0.25) is 0 Å². The standard InChI is InChI=1S/C8H11F2NS/c1-6-3-4-7(12-6)8(9,10)5-11-2/h3-4,11H,5H2,1-2H3. The third kappa shape index (κ3) is 2.01. The van der Waals surface area contributed by atoms with Gasteiger partial charge in [0, 0.05) is 4.88 Å². The minimum absolute atomic E-state index is 0.134. The zero-order chi connectivity index (χ0) is 9.19. The number of thiophene rings is 1. The number of hydrogen-bond donors (Lipinski definition) is 1. The van der Waals surface area contributed by atoms with E-state index in [1.807, 2.05) is 6.92 Å². The van der Waals surface area contributed by atoms with Crippen molar-refractivity contribution in [3.05, 3.63) is 21.9 Å². The zero-order valence-corrected chi connectivity index (χ0v) is 7.84. The van der Waals surface area contributed by atoms with Crippen molar-refractivity contribution in [3.63, 3.8) is 0 Å². The monoisotopic (exact) mass is 191 g/mol. The second kappa shape index (κ2) is 3.49. The molecule has 0 bridgehead atoms. The number of halogens is 2. The van der Waals surface area contributed by atoms with Crippen molar-refractivity contribution in [3.8, 4) is 0 Å². The van der Waals surface area contributed by atoms with Gasteiger partial charge in [0.25, 0.3) is 5.92 Å². The second-order valence-corrected chi connectivity index (χ2v) is 3.93. The highest BCUT2D eigenvalue weighted by Gasteiger charge is 2.31. The van der Waals surface area contributed by atoms with E-state index >= 15 is 0 Å². The lowest BCUT2D eigenvalue weighted by molar-refractivity contribution is 0.00262. The fraction of sp³-hybridized carbons (Fsp3) is 0.500. The van der Waals surface area contributed by atoms with E-state index in [-0.39, 0.29) is 11.4 Å². The van der Waals surface area contributed by atoms with Crippen molar-refractivity contribution in [1.29, 1.82) is 0 Å². The van der Waals surface area contributed by atoms with Crippen LogP contribution in [0.15, 0.2) is 12.1 Å². The summed E-state index contributed by atoms with van der Waals surface area (Å²) in [6.07, 6.45) is 0. The minimum Gasteiger partial charge on any atom is -0.314 e. The summed E-state index contributed by atoms with van der Waals surface area (Å²) in [6.45, 7) is 1.52. The van der Waals surface area contributed by atoms with Crippen LogP contribution >= 0.6 is 11.3 Å².